The minimum Gasteiger partial charge on any atom is -0.350 e. The van der Waals surface area contributed by atoms with Crippen LogP contribution in [0.4, 0.5) is 13.2 Å². The Hall–Kier alpha value is -2.11. The minimum absolute atomic E-state index is 0.102. The Bertz CT molecular complexity index is 641. The maximum atomic E-state index is 12.7. The fourth-order valence-corrected chi connectivity index (χ4v) is 1.78. The molecule has 0 spiro atoms. The summed E-state index contributed by atoms with van der Waals surface area (Å²) in [6.45, 7) is 1.30. The number of benzene rings is 1. The molecule has 94 valence electrons. The maximum Gasteiger partial charge on any atom is 0.431 e. The third-order valence-corrected chi connectivity index (χ3v) is 2.65. The smallest absolute Gasteiger partial charge is 0.350 e. The van der Waals surface area contributed by atoms with Gasteiger partial charge in [-0.2, -0.15) is 13.2 Å². The lowest BCUT2D eigenvalue weighted by molar-refractivity contribution is -0.140. The van der Waals surface area contributed by atoms with E-state index in [1.54, 1.807) is 0 Å². The molecule has 2 rings (SSSR count). The number of ketones is 1. The molecule has 0 unspecified atom stereocenters. The van der Waals surface area contributed by atoms with E-state index in [0.29, 0.717) is 0 Å². The number of rotatable bonds is 2. The summed E-state index contributed by atoms with van der Waals surface area (Å²) in [6, 6.07) is 4.05. The van der Waals surface area contributed by atoms with Crippen molar-refractivity contribution in [3.8, 4) is 0 Å². The summed E-state index contributed by atoms with van der Waals surface area (Å²) in [5.41, 5.74) is -1.12. The molecule has 0 bridgehead atoms. The minimum atomic E-state index is -4.63. The lowest BCUT2D eigenvalue weighted by Gasteiger charge is -2.03. The first-order valence-electron chi connectivity index (χ1n) is 5.03. The molecule has 0 saturated heterocycles. The molecule has 2 aromatic rings. The van der Waals surface area contributed by atoms with Crippen LogP contribution in [0, 0.1) is 0 Å². The van der Waals surface area contributed by atoms with E-state index in [-0.39, 0.29) is 28.5 Å². The standard InChI is InChI=1S/C12H8F3NO2/c1-6(18)7-2-3-10-8(4-7)9(5-17)11(16-10)12(13,14)15/h2-5,16H,1H3. The second kappa shape index (κ2) is 3.97. The summed E-state index contributed by atoms with van der Waals surface area (Å²) >= 11 is 0. The van der Waals surface area contributed by atoms with Gasteiger partial charge in [-0.3, -0.25) is 9.59 Å². The van der Waals surface area contributed by atoms with Crippen molar-refractivity contribution in [2.75, 3.05) is 0 Å². The van der Waals surface area contributed by atoms with Gasteiger partial charge in [0.1, 0.15) is 5.69 Å². The number of hydrogen-bond donors (Lipinski definition) is 1. The number of halogens is 3. The van der Waals surface area contributed by atoms with Crippen LogP contribution in [0.5, 0.6) is 0 Å². The molecule has 1 aromatic carbocycles. The van der Waals surface area contributed by atoms with Crippen molar-refractivity contribution < 1.29 is 22.8 Å². The van der Waals surface area contributed by atoms with Crippen LogP contribution in [0.15, 0.2) is 18.2 Å². The highest BCUT2D eigenvalue weighted by Crippen LogP contribution is 2.34. The van der Waals surface area contributed by atoms with Gasteiger partial charge in [0.15, 0.2) is 12.1 Å². The van der Waals surface area contributed by atoms with E-state index in [2.05, 4.69) is 4.98 Å². The van der Waals surface area contributed by atoms with Gasteiger partial charge in [-0.15, -0.1) is 0 Å². The molecule has 1 N–H and O–H groups in total. The van der Waals surface area contributed by atoms with Crippen molar-refractivity contribution >= 4 is 23.0 Å². The number of carbonyl (C=O) groups is 2. The zero-order valence-electron chi connectivity index (χ0n) is 9.26. The molecule has 6 heteroatoms. The highest BCUT2D eigenvalue weighted by Gasteiger charge is 2.36. The monoisotopic (exact) mass is 255 g/mol. The zero-order valence-corrected chi connectivity index (χ0v) is 9.26. The first-order chi connectivity index (χ1) is 8.34. The van der Waals surface area contributed by atoms with Crippen LogP contribution in [-0.4, -0.2) is 17.1 Å². The lowest BCUT2D eigenvalue weighted by atomic mass is 10.1. The fourth-order valence-electron chi connectivity index (χ4n) is 1.78. The average molecular weight is 255 g/mol. The van der Waals surface area contributed by atoms with Crippen LogP contribution in [0.25, 0.3) is 10.9 Å². The van der Waals surface area contributed by atoms with Crippen LogP contribution < -0.4 is 0 Å². The summed E-state index contributed by atoms with van der Waals surface area (Å²) in [5, 5.41) is 0.102. The van der Waals surface area contributed by atoms with Crippen molar-refractivity contribution in [3.05, 3.63) is 35.0 Å². The number of H-pyrrole nitrogens is 1. The van der Waals surface area contributed by atoms with Crippen molar-refractivity contribution in [2.45, 2.75) is 13.1 Å². The molecule has 0 amide bonds. The predicted molar refractivity (Wildman–Crippen MR) is 58.7 cm³/mol. The summed E-state index contributed by atoms with van der Waals surface area (Å²) in [7, 11) is 0. The van der Waals surface area contributed by atoms with Crippen LogP contribution in [0.2, 0.25) is 0 Å². The molecule has 1 aromatic heterocycles. The second-order valence-electron chi connectivity index (χ2n) is 3.85. The van der Waals surface area contributed by atoms with E-state index in [4.69, 9.17) is 0 Å². The van der Waals surface area contributed by atoms with Gasteiger partial charge in [-0.1, -0.05) is 0 Å². The van der Waals surface area contributed by atoms with E-state index in [1.165, 1.54) is 25.1 Å². The SMILES string of the molecule is CC(=O)c1ccc2[nH]c(C(F)(F)F)c(C=O)c2c1. The highest BCUT2D eigenvalue weighted by atomic mass is 19.4. The number of hydrogen-bond acceptors (Lipinski definition) is 2. The Morgan fingerprint density at radius 1 is 1.33 bits per heavy atom. The second-order valence-corrected chi connectivity index (χ2v) is 3.85. The summed E-state index contributed by atoms with van der Waals surface area (Å²) in [4.78, 5) is 24.2. The zero-order chi connectivity index (χ0) is 13.5. The molecule has 3 nitrogen and oxygen atoms in total. The molecule has 0 aliphatic carbocycles. The molecule has 0 saturated carbocycles. The quantitative estimate of drug-likeness (QED) is 0.661. The highest BCUT2D eigenvalue weighted by molar-refractivity contribution is 6.04. The van der Waals surface area contributed by atoms with E-state index in [9.17, 15) is 22.8 Å². The number of carbonyl (C=O) groups excluding carboxylic acids is 2. The van der Waals surface area contributed by atoms with Gasteiger partial charge in [0.05, 0.1) is 5.56 Å². The number of fused-ring (bicyclic) bond motifs is 1. The first kappa shape index (κ1) is 12.3. The molecule has 0 radical (unpaired) electrons. The van der Waals surface area contributed by atoms with Gasteiger partial charge in [0.2, 0.25) is 0 Å². The molecular formula is C12H8F3NO2. The van der Waals surface area contributed by atoms with Gasteiger partial charge in [-0.25, -0.2) is 0 Å². The predicted octanol–water partition coefficient (Wildman–Crippen LogP) is 3.20. The Morgan fingerprint density at radius 3 is 2.50 bits per heavy atom. The van der Waals surface area contributed by atoms with Crippen LogP contribution in [-0.2, 0) is 6.18 Å². The summed E-state index contributed by atoms with van der Waals surface area (Å²) in [5.74, 6) is -0.275. The molecule has 18 heavy (non-hydrogen) atoms. The van der Waals surface area contributed by atoms with Gasteiger partial charge < -0.3 is 4.98 Å². The molecular weight excluding hydrogens is 247 g/mol. The van der Waals surface area contributed by atoms with E-state index in [0.717, 1.165) is 0 Å². The van der Waals surface area contributed by atoms with Crippen LogP contribution in [0.1, 0.15) is 33.3 Å². The number of aldehydes is 1. The Morgan fingerprint density at radius 2 is 2.00 bits per heavy atom. The normalized spacial score (nSPS) is 11.8. The number of aromatic amines is 1. The van der Waals surface area contributed by atoms with Crippen molar-refractivity contribution in [1.29, 1.82) is 0 Å². The number of Topliss-reactive ketones (excluding diaryl/α,β-unsaturated/α-hetero) is 1. The summed E-state index contributed by atoms with van der Waals surface area (Å²) < 4.78 is 38.0. The topological polar surface area (TPSA) is 49.9 Å². The number of nitrogens with one attached hydrogen (secondary N) is 1. The fraction of sp³-hybridized carbons (Fsp3) is 0.167. The lowest BCUT2D eigenvalue weighted by Crippen LogP contribution is -2.08. The van der Waals surface area contributed by atoms with E-state index >= 15 is 0 Å². The van der Waals surface area contributed by atoms with Gasteiger partial charge in [-0.05, 0) is 25.1 Å². The van der Waals surface area contributed by atoms with E-state index < -0.39 is 17.4 Å². The molecule has 0 atom stereocenters. The molecule has 0 aliphatic rings. The van der Waals surface area contributed by atoms with Crippen LogP contribution >= 0.6 is 0 Å². The van der Waals surface area contributed by atoms with Gasteiger partial charge >= 0.3 is 6.18 Å². The molecule has 1 heterocycles. The first-order valence-corrected chi connectivity index (χ1v) is 5.03. The largest absolute Gasteiger partial charge is 0.431 e. The number of alkyl halides is 3. The maximum absolute atomic E-state index is 12.7. The summed E-state index contributed by atoms with van der Waals surface area (Å²) in [6.07, 6.45) is -4.49. The van der Waals surface area contributed by atoms with Crippen molar-refractivity contribution in [1.82, 2.24) is 4.98 Å². The van der Waals surface area contributed by atoms with Crippen molar-refractivity contribution in [2.24, 2.45) is 0 Å². The Kier molecular flexibility index (Phi) is 2.73. The number of aromatic nitrogens is 1. The van der Waals surface area contributed by atoms with E-state index in [1.807, 2.05) is 0 Å². The average Bonchev–Trinajstić information content (AvgIpc) is 2.65. The Balaban J connectivity index is 2.78. The van der Waals surface area contributed by atoms with Gasteiger partial charge in [0, 0.05) is 16.5 Å². The third kappa shape index (κ3) is 1.90. The van der Waals surface area contributed by atoms with Crippen LogP contribution in [0.3, 0.4) is 0 Å². The van der Waals surface area contributed by atoms with Crippen molar-refractivity contribution in [3.63, 3.8) is 0 Å². The Labute approximate surface area is 99.6 Å². The molecule has 0 aliphatic heterocycles. The van der Waals surface area contributed by atoms with Gasteiger partial charge in [0.25, 0.3) is 0 Å². The molecule has 0 fully saturated rings. The third-order valence-electron chi connectivity index (χ3n) is 2.65.